The van der Waals surface area contributed by atoms with E-state index in [4.69, 9.17) is 0 Å². The molecule has 2 heterocycles. The summed E-state index contributed by atoms with van der Waals surface area (Å²) in [5.41, 5.74) is 0.702. The van der Waals surface area contributed by atoms with E-state index in [9.17, 15) is 4.79 Å². The Morgan fingerprint density at radius 2 is 2.16 bits per heavy atom. The zero-order valence-corrected chi connectivity index (χ0v) is 13.1. The van der Waals surface area contributed by atoms with Crippen molar-refractivity contribution in [3.8, 4) is 0 Å². The summed E-state index contributed by atoms with van der Waals surface area (Å²) in [5, 5.41) is 4.47. The van der Waals surface area contributed by atoms with E-state index in [0.717, 1.165) is 21.6 Å². The summed E-state index contributed by atoms with van der Waals surface area (Å²) in [6, 6.07) is 7.60. The van der Waals surface area contributed by atoms with Crippen LogP contribution in [0.5, 0.6) is 0 Å². The second kappa shape index (κ2) is 5.66. The lowest BCUT2D eigenvalue weighted by Gasteiger charge is -2.17. The van der Waals surface area contributed by atoms with E-state index >= 15 is 0 Å². The number of allylic oxidation sites excluding steroid dienone is 1. The van der Waals surface area contributed by atoms with Crippen LogP contribution in [0.4, 0.5) is 0 Å². The summed E-state index contributed by atoms with van der Waals surface area (Å²) in [5.74, 6) is 0.490. The number of rotatable bonds is 2. The molecule has 0 bridgehead atoms. The third-order valence-electron chi connectivity index (χ3n) is 3.26. The maximum Gasteiger partial charge on any atom is 0.256 e. The summed E-state index contributed by atoms with van der Waals surface area (Å²) in [7, 11) is 0. The highest BCUT2D eigenvalue weighted by Crippen LogP contribution is 2.38. The topological polar surface area (TPSA) is 41.5 Å². The number of amides is 1. The summed E-state index contributed by atoms with van der Waals surface area (Å²) in [6.45, 7) is 0.856. The Kier molecular flexibility index (Phi) is 3.93. The molecule has 2 aliphatic rings. The van der Waals surface area contributed by atoms with E-state index in [1.54, 1.807) is 11.8 Å². The van der Waals surface area contributed by atoms with Crippen molar-refractivity contribution < 1.29 is 4.79 Å². The van der Waals surface area contributed by atoms with Crippen molar-refractivity contribution in [3.05, 3.63) is 44.5 Å². The lowest BCUT2D eigenvalue weighted by molar-refractivity contribution is 0.0969. The van der Waals surface area contributed by atoms with Gasteiger partial charge in [0.2, 0.25) is 0 Å². The van der Waals surface area contributed by atoms with Gasteiger partial charge in [0.25, 0.3) is 5.91 Å². The molecule has 2 aliphatic heterocycles. The Hall–Kier alpha value is -0.820. The van der Waals surface area contributed by atoms with Gasteiger partial charge in [-0.25, -0.2) is 0 Å². The minimum atomic E-state index is -0.0327. The van der Waals surface area contributed by atoms with Crippen LogP contribution in [0.1, 0.15) is 16.8 Å². The summed E-state index contributed by atoms with van der Waals surface area (Å²) < 4.78 is 1.13. The molecule has 1 aromatic carbocycles. The van der Waals surface area contributed by atoms with E-state index < -0.39 is 0 Å². The van der Waals surface area contributed by atoms with Gasteiger partial charge in [0.15, 0.2) is 0 Å². The first kappa shape index (κ1) is 13.2. The van der Waals surface area contributed by atoms with E-state index in [2.05, 4.69) is 39.0 Å². The van der Waals surface area contributed by atoms with Crippen molar-refractivity contribution in [1.82, 2.24) is 5.32 Å². The molecule has 5 heteroatoms. The average Bonchev–Trinajstić information content (AvgIpc) is 2.81. The molecule has 0 spiro atoms. The minimum absolute atomic E-state index is 0.0327. The predicted octanol–water partition coefficient (Wildman–Crippen LogP) is 3.07. The fourth-order valence-electron chi connectivity index (χ4n) is 2.22. The number of aliphatic imine (C=N–C) groups is 1. The lowest BCUT2D eigenvalue weighted by Crippen LogP contribution is -2.21. The van der Waals surface area contributed by atoms with Crippen molar-refractivity contribution in [2.75, 3.05) is 6.54 Å². The Morgan fingerprint density at radius 1 is 1.37 bits per heavy atom. The van der Waals surface area contributed by atoms with Gasteiger partial charge in [-0.15, -0.1) is 11.8 Å². The van der Waals surface area contributed by atoms with Gasteiger partial charge in [0.05, 0.1) is 11.6 Å². The Bertz CT molecular complexity index is 553. The fourth-order valence-corrected chi connectivity index (χ4v) is 3.83. The molecule has 2 unspecified atom stereocenters. The third kappa shape index (κ3) is 3.02. The van der Waals surface area contributed by atoms with Crippen LogP contribution in [0.2, 0.25) is 0 Å². The van der Waals surface area contributed by atoms with Crippen LogP contribution in [0.3, 0.4) is 0 Å². The molecule has 0 aromatic heterocycles. The summed E-state index contributed by atoms with van der Waals surface area (Å²) in [4.78, 5) is 16.4. The minimum Gasteiger partial charge on any atom is -0.317 e. The molecule has 0 fully saturated rings. The molecule has 1 N–H and O–H groups in total. The normalized spacial score (nSPS) is 24.8. The maximum absolute atomic E-state index is 12.1. The molecule has 3 rings (SSSR count). The van der Waals surface area contributed by atoms with Gasteiger partial charge in [-0.05, 0) is 71.5 Å². The van der Waals surface area contributed by atoms with Gasteiger partial charge in [0, 0.05) is 14.4 Å². The Balaban J connectivity index is 1.66. The molecule has 2 atom stereocenters. The van der Waals surface area contributed by atoms with Gasteiger partial charge in [-0.2, -0.15) is 0 Å². The number of halogens is 1. The van der Waals surface area contributed by atoms with Crippen molar-refractivity contribution >= 4 is 46.5 Å². The number of thioether (sulfide) groups is 1. The zero-order chi connectivity index (χ0) is 13.2. The van der Waals surface area contributed by atoms with Crippen LogP contribution in [0, 0.1) is 9.49 Å². The van der Waals surface area contributed by atoms with Crippen molar-refractivity contribution in [3.63, 3.8) is 0 Å². The molecular formula is C14H13IN2OS. The van der Waals surface area contributed by atoms with Gasteiger partial charge >= 0.3 is 0 Å². The lowest BCUT2D eigenvalue weighted by atomic mass is 10.00. The van der Waals surface area contributed by atoms with Crippen molar-refractivity contribution in [1.29, 1.82) is 0 Å². The monoisotopic (exact) mass is 384 g/mol. The quantitative estimate of drug-likeness (QED) is 0.797. The molecule has 0 saturated heterocycles. The Labute approximate surface area is 130 Å². The number of hydrogen-bond acceptors (Lipinski definition) is 3. The van der Waals surface area contributed by atoms with Crippen LogP contribution >= 0.6 is 34.4 Å². The standard InChI is InChI=1S/C14H13IN2OS/c15-11-3-1-9(2-4-11)14(18)17-13-7-10-5-6-16-8-12(10)19-13/h1-4,6-7,10,12H,5,8H2,(H,17,18). The SMILES string of the molecule is O=C(NC1=CC2CC=NCC2S1)c1ccc(I)cc1. The van der Waals surface area contributed by atoms with E-state index in [0.29, 0.717) is 16.7 Å². The second-order valence-corrected chi connectivity index (χ2v) is 7.12. The summed E-state index contributed by atoms with van der Waals surface area (Å²) in [6.07, 6.45) is 5.15. The van der Waals surface area contributed by atoms with Crippen LogP contribution in [0.15, 0.2) is 40.4 Å². The highest BCUT2D eigenvalue weighted by atomic mass is 127. The number of nitrogens with one attached hydrogen (secondary N) is 1. The van der Waals surface area contributed by atoms with Crippen LogP contribution < -0.4 is 5.32 Å². The molecule has 1 aromatic rings. The smallest absolute Gasteiger partial charge is 0.256 e. The first-order chi connectivity index (χ1) is 9.22. The van der Waals surface area contributed by atoms with Crippen LogP contribution in [-0.4, -0.2) is 23.9 Å². The molecule has 0 saturated carbocycles. The highest BCUT2D eigenvalue weighted by molar-refractivity contribution is 14.1. The van der Waals surface area contributed by atoms with Gasteiger partial charge in [0.1, 0.15) is 0 Å². The fraction of sp³-hybridized carbons (Fsp3) is 0.286. The molecule has 19 heavy (non-hydrogen) atoms. The van der Waals surface area contributed by atoms with E-state index in [-0.39, 0.29) is 5.91 Å². The van der Waals surface area contributed by atoms with Crippen LogP contribution in [0.25, 0.3) is 0 Å². The Morgan fingerprint density at radius 3 is 2.89 bits per heavy atom. The average molecular weight is 384 g/mol. The number of carbonyl (C=O) groups is 1. The highest BCUT2D eigenvalue weighted by Gasteiger charge is 2.30. The predicted molar refractivity (Wildman–Crippen MR) is 87.6 cm³/mol. The van der Waals surface area contributed by atoms with Crippen molar-refractivity contribution in [2.24, 2.45) is 10.9 Å². The van der Waals surface area contributed by atoms with Crippen molar-refractivity contribution in [2.45, 2.75) is 11.7 Å². The summed E-state index contributed by atoms with van der Waals surface area (Å²) >= 11 is 3.97. The van der Waals surface area contributed by atoms with Gasteiger partial charge in [-0.3, -0.25) is 9.79 Å². The number of nitrogens with zero attached hydrogens (tertiary/aromatic N) is 1. The molecule has 3 nitrogen and oxygen atoms in total. The van der Waals surface area contributed by atoms with Crippen LogP contribution in [-0.2, 0) is 0 Å². The van der Waals surface area contributed by atoms with Gasteiger partial charge < -0.3 is 5.32 Å². The maximum atomic E-state index is 12.1. The molecule has 0 aliphatic carbocycles. The second-order valence-electron chi connectivity index (χ2n) is 4.60. The number of carbonyl (C=O) groups excluding carboxylic acids is 1. The zero-order valence-electron chi connectivity index (χ0n) is 10.2. The number of hydrogen-bond donors (Lipinski definition) is 1. The largest absolute Gasteiger partial charge is 0.317 e. The first-order valence-corrected chi connectivity index (χ1v) is 8.12. The first-order valence-electron chi connectivity index (χ1n) is 6.16. The van der Waals surface area contributed by atoms with E-state index in [1.807, 2.05) is 30.5 Å². The molecule has 1 amide bonds. The van der Waals surface area contributed by atoms with Gasteiger partial charge in [-0.1, -0.05) is 0 Å². The number of benzene rings is 1. The van der Waals surface area contributed by atoms with E-state index in [1.165, 1.54) is 0 Å². The number of fused-ring (bicyclic) bond motifs is 1. The molecule has 98 valence electrons. The molecule has 0 radical (unpaired) electrons. The molecular weight excluding hydrogens is 371 g/mol. The third-order valence-corrected chi connectivity index (χ3v) is 5.27.